The molecule has 18 heavy (non-hydrogen) atoms. The highest BCUT2D eigenvalue weighted by Crippen LogP contribution is 2.15. The van der Waals surface area contributed by atoms with E-state index in [0.717, 1.165) is 38.5 Å². The molecule has 1 N–H and O–H groups in total. The zero-order chi connectivity index (χ0) is 12.1. The van der Waals surface area contributed by atoms with Gasteiger partial charge in [0.15, 0.2) is 0 Å². The van der Waals surface area contributed by atoms with Gasteiger partial charge in [-0.25, -0.2) is 0 Å². The average Bonchev–Trinajstić information content (AvgIpc) is 2.30. The summed E-state index contributed by atoms with van der Waals surface area (Å²) in [5, 5.41) is 3.46. The van der Waals surface area contributed by atoms with Crippen molar-refractivity contribution in [3.8, 4) is 5.75 Å². The summed E-state index contributed by atoms with van der Waals surface area (Å²) in [4.78, 5) is 2.49. The van der Waals surface area contributed by atoms with Crippen LogP contribution in [0.25, 0.3) is 0 Å². The first-order chi connectivity index (χ1) is 8.28. The topological polar surface area (TPSA) is 24.5 Å². The van der Waals surface area contributed by atoms with Crippen LogP contribution < -0.4 is 10.1 Å². The fraction of sp³-hybridized carbons (Fsp3) is 0.571. The summed E-state index contributed by atoms with van der Waals surface area (Å²) in [5.41, 5.74) is 1.34. The largest absolute Gasteiger partial charge is 0.494 e. The van der Waals surface area contributed by atoms with Crippen LogP contribution in [-0.4, -0.2) is 37.2 Å². The monoisotopic (exact) mass is 270 g/mol. The lowest BCUT2D eigenvalue weighted by atomic mass is 10.1. The second-order valence-electron chi connectivity index (χ2n) is 4.67. The molecule has 1 saturated heterocycles. The van der Waals surface area contributed by atoms with E-state index in [0.29, 0.717) is 6.04 Å². The van der Waals surface area contributed by atoms with E-state index in [2.05, 4.69) is 35.3 Å². The van der Waals surface area contributed by atoms with Crippen molar-refractivity contribution in [1.29, 1.82) is 0 Å². The SMILES string of the molecule is CCOc1cccc(CN2CCN[C@H](C)C2)c1.Cl. The van der Waals surface area contributed by atoms with E-state index >= 15 is 0 Å². The zero-order valence-electron chi connectivity index (χ0n) is 11.2. The third kappa shape index (κ3) is 4.48. The second kappa shape index (κ2) is 7.62. The van der Waals surface area contributed by atoms with Crippen LogP contribution in [0.5, 0.6) is 5.75 Å². The van der Waals surface area contributed by atoms with Gasteiger partial charge in [0.25, 0.3) is 0 Å². The van der Waals surface area contributed by atoms with Gasteiger partial charge in [-0.1, -0.05) is 12.1 Å². The summed E-state index contributed by atoms with van der Waals surface area (Å²) in [6, 6.07) is 9.02. The summed E-state index contributed by atoms with van der Waals surface area (Å²) in [7, 11) is 0. The molecule has 102 valence electrons. The number of hydrogen-bond acceptors (Lipinski definition) is 3. The van der Waals surface area contributed by atoms with Gasteiger partial charge in [0.05, 0.1) is 6.61 Å². The van der Waals surface area contributed by atoms with Crippen LogP contribution in [0, 0.1) is 0 Å². The van der Waals surface area contributed by atoms with Crippen molar-refractivity contribution in [3.63, 3.8) is 0 Å². The molecule has 1 fully saturated rings. The lowest BCUT2D eigenvalue weighted by Crippen LogP contribution is -2.48. The van der Waals surface area contributed by atoms with E-state index in [1.54, 1.807) is 0 Å². The quantitative estimate of drug-likeness (QED) is 0.909. The predicted molar refractivity (Wildman–Crippen MR) is 77.6 cm³/mol. The number of rotatable bonds is 4. The lowest BCUT2D eigenvalue weighted by molar-refractivity contribution is 0.199. The highest BCUT2D eigenvalue weighted by Gasteiger charge is 2.15. The first-order valence-electron chi connectivity index (χ1n) is 6.45. The molecule has 4 heteroatoms. The molecule has 0 saturated carbocycles. The number of piperazine rings is 1. The first kappa shape index (κ1) is 15.3. The van der Waals surface area contributed by atoms with Gasteiger partial charge in [0.2, 0.25) is 0 Å². The van der Waals surface area contributed by atoms with Crippen LogP contribution in [-0.2, 0) is 6.54 Å². The van der Waals surface area contributed by atoms with Crippen molar-refractivity contribution >= 4 is 12.4 Å². The van der Waals surface area contributed by atoms with Crippen LogP contribution in [0.1, 0.15) is 19.4 Å². The molecule has 0 unspecified atom stereocenters. The van der Waals surface area contributed by atoms with E-state index < -0.39 is 0 Å². The van der Waals surface area contributed by atoms with Gasteiger partial charge in [-0.05, 0) is 31.5 Å². The molecule has 2 rings (SSSR count). The van der Waals surface area contributed by atoms with Gasteiger partial charge in [0, 0.05) is 32.2 Å². The molecule has 3 nitrogen and oxygen atoms in total. The molecule has 0 amide bonds. The number of benzene rings is 1. The summed E-state index contributed by atoms with van der Waals surface area (Å²) in [5.74, 6) is 0.980. The minimum absolute atomic E-state index is 0. The first-order valence-corrected chi connectivity index (χ1v) is 6.45. The molecular formula is C14H23ClN2O. The number of ether oxygens (including phenoxy) is 1. The molecule has 1 aliphatic rings. The fourth-order valence-electron chi connectivity index (χ4n) is 2.31. The molecule has 1 aromatic rings. The van der Waals surface area contributed by atoms with Gasteiger partial charge >= 0.3 is 0 Å². The third-order valence-corrected chi connectivity index (χ3v) is 3.07. The Morgan fingerprint density at radius 3 is 3.00 bits per heavy atom. The highest BCUT2D eigenvalue weighted by molar-refractivity contribution is 5.85. The minimum Gasteiger partial charge on any atom is -0.494 e. The molecule has 0 radical (unpaired) electrons. The van der Waals surface area contributed by atoms with Crippen molar-refractivity contribution < 1.29 is 4.74 Å². The molecule has 0 aliphatic carbocycles. The minimum atomic E-state index is 0. The fourth-order valence-corrected chi connectivity index (χ4v) is 2.31. The Balaban J connectivity index is 0.00000162. The Kier molecular flexibility index (Phi) is 6.47. The Labute approximate surface area is 116 Å². The summed E-state index contributed by atoms with van der Waals surface area (Å²) >= 11 is 0. The van der Waals surface area contributed by atoms with E-state index in [9.17, 15) is 0 Å². The van der Waals surface area contributed by atoms with Crippen molar-refractivity contribution in [3.05, 3.63) is 29.8 Å². The Morgan fingerprint density at radius 2 is 2.28 bits per heavy atom. The van der Waals surface area contributed by atoms with Gasteiger partial charge in [-0.2, -0.15) is 0 Å². The molecule has 1 atom stereocenters. The van der Waals surface area contributed by atoms with Gasteiger partial charge in [-0.3, -0.25) is 4.90 Å². The van der Waals surface area contributed by atoms with Crippen LogP contribution in [0.2, 0.25) is 0 Å². The van der Waals surface area contributed by atoms with Crippen molar-refractivity contribution in [2.24, 2.45) is 0 Å². The second-order valence-corrected chi connectivity index (χ2v) is 4.67. The summed E-state index contributed by atoms with van der Waals surface area (Å²) < 4.78 is 5.53. The van der Waals surface area contributed by atoms with Crippen LogP contribution in [0.15, 0.2) is 24.3 Å². The van der Waals surface area contributed by atoms with Crippen LogP contribution >= 0.6 is 12.4 Å². The van der Waals surface area contributed by atoms with Crippen LogP contribution in [0.3, 0.4) is 0 Å². The summed E-state index contributed by atoms with van der Waals surface area (Å²) in [6.07, 6.45) is 0. The van der Waals surface area contributed by atoms with Gasteiger partial charge < -0.3 is 10.1 Å². The number of halogens is 1. The van der Waals surface area contributed by atoms with Gasteiger partial charge in [-0.15, -0.1) is 12.4 Å². The van der Waals surface area contributed by atoms with Crippen molar-refractivity contribution in [2.75, 3.05) is 26.2 Å². The average molecular weight is 271 g/mol. The van der Waals surface area contributed by atoms with E-state index in [-0.39, 0.29) is 12.4 Å². The maximum Gasteiger partial charge on any atom is 0.119 e. The Hall–Kier alpha value is -0.770. The maximum absolute atomic E-state index is 5.53. The molecule has 1 aliphatic heterocycles. The Morgan fingerprint density at radius 1 is 1.44 bits per heavy atom. The number of hydrogen-bond donors (Lipinski definition) is 1. The molecule has 0 aromatic heterocycles. The lowest BCUT2D eigenvalue weighted by Gasteiger charge is -2.31. The molecule has 1 heterocycles. The third-order valence-electron chi connectivity index (χ3n) is 3.07. The number of nitrogens with zero attached hydrogens (tertiary/aromatic N) is 1. The van der Waals surface area contributed by atoms with Crippen molar-refractivity contribution in [2.45, 2.75) is 26.4 Å². The van der Waals surface area contributed by atoms with Gasteiger partial charge in [0.1, 0.15) is 5.75 Å². The molecular weight excluding hydrogens is 248 g/mol. The molecule has 1 aromatic carbocycles. The predicted octanol–water partition coefficient (Wildman–Crippen LogP) is 2.30. The summed E-state index contributed by atoms with van der Waals surface area (Å²) in [6.45, 7) is 9.35. The van der Waals surface area contributed by atoms with Crippen LogP contribution in [0.4, 0.5) is 0 Å². The zero-order valence-corrected chi connectivity index (χ0v) is 12.0. The van der Waals surface area contributed by atoms with Crippen molar-refractivity contribution in [1.82, 2.24) is 10.2 Å². The maximum atomic E-state index is 5.53. The molecule has 0 bridgehead atoms. The Bertz CT molecular complexity index is 359. The van der Waals surface area contributed by atoms with E-state index in [1.807, 2.05) is 13.0 Å². The van der Waals surface area contributed by atoms with E-state index in [1.165, 1.54) is 5.56 Å². The normalized spacial score (nSPS) is 20.2. The van der Waals surface area contributed by atoms with E-state index in [4.69, 9.17) is 4.74 Å². The highest BCUT2D eigenvalue weighted by atomic mass is 35.5. The number of nitrogens with one attached hydrogen (secondary N) is 1. The smallest absolute Gasteiger partial charge is 0.119 e. The molecule has 0 spiro atoms. The standard InChI is InChI=1S/C14H22N2O.ClH/c1-3-17-14-6-4-5-13(9-14)11-16-8-7-15-12(2)10-16;/h4-6,9,12,15H,3,7-8,10-11H2,1-2H3;1H/t12-;/m1./s1.